The van der Waals surface area contributed by atoms with Gasteiger partial charge in [-0.15, -0.1) is 0 Å². The van der Waals surface area contributed by atoms with Crippen LogP contribution in [0, 0.1) is 52.8 Å². The maximum absolute atomic E-state index is 11.1. The van der Waals surface area contributed by atoms with Crippen LogP contribution in [0.5, 0.6) is 0 Å². The van der Waals surface area contributed by atoms with Crippen LogP contribution in [0.4, 0.5) is 0 Å². The van der Waals surface area contributed by atoms with Crippen molar-refractivity contribution in [1.82, 2.24) is 0 Å². The first-order valence-corrected chi connectivity index (χ1v) is 8.97. The molecule has 2 heteroatoms. The van der Waals surface area contributed by atoms with Crippen molar-refractivity contribution in [2.45, 2.75) is 56.1 Å². The molecule has 0 aliphatic heterocycles. The van der Waals surface area contributed by atoms with Gasteiger partial charge in [-0.1, -0.05) is 0 Å². The smallest absolute Gasteiger partial charge is 0.0659 e. The molecule has 20 heavy (non-hydrogen) atoms. The molecule has 2 nitrogen and oxygen atoms in total. The van der Waals surface area contributed by atoms with E-state index >= 15 is 0 Å². The van der Waals surface area contributed by atoms with Crippen molar-refractivity contribution in [2.75, 3.05) is 0 Å². The largest absolute Gasteiger partial charge is 0.390 e. The summed E-state index contributed by atoms with van der Waals surface area (Å²) in [5.41, 5.74) is -0.310. The van der Waals surface area contributed by atoms with Crippen LogP contribution in [0.3, 0.4) is 0 Å². The third kappa shape index (κ3) is 0.803. The van der Waals surface area contributed by atoms with Crippen LogP contribution in [0.1, 0.15) is 44.9 Å². The molecule has 0 aromatic rings. The summed E-state index contributed by atoms with van der Waals surface area (Å²) in [7, 11) is 0. The van der Waals surface area contributed by atoms with E-state index in [1.807, 2.05) is 0 Å². The molecule has 10 aliphatic rings. The molecule has 7 unspecified atom stereocenters. The fourth-order valence-corrected chi connectivity index (χ4v) is 10.4. The molecular weight excluding hydrogens is 248 g/mol. The van der Waals surface area contributed by atoms with Gasteiger partial charge < -0.3 is 10.2 Å². The predicted molar refractivity (Wildman–Crippen MR) is 72.6 cm³/mol. The molecular formula is C18H24O2. The highest BCUT2D eigenvalue weighted by Crippen LogP contribution is 2.85. The summed E-state index contributed by atoms with van der Waals surface area (Å²) in [4.78, 5) is 0. The van der Waals surface area contributed by atoms with Gasteiger partial charge >= 0.3 is 0 Å². The Kier molecular flexibility index (Phi) is 1.35. The third-order valence-electron chi connectivity index (χ3n) is 9.70. The quantitative estimate of drug-likeness (QED) is 0.709. The van der Waals surface area contributed by atoms with Gasteiger partial charge in [0.1, 0.15) is 0 Å². The normalized spacial score (nSPS) is 80.7. The molecule has 0 saturated heterocycles. The van der Waals surface area contributed by atoms with Gasteiger partial charge in [0.15, 0.2) is 0 Å². The lowest BCUT2D eigenvalue weighted by molar-refractivity contribution is -0.391. The van der Waals surface area contributed by atoms with E-state index in [9.17, 15) is 10.2 Å². The molecule has 0 amide bonds. The molecule has 0 heterocycles. The lowest BCUT2D eigenvalue weighted by Crippen LogP contribution is -2.82. The summed E-state index contributed by atoms with van der Waals surface area (Å²) >= 11 is 0. The maximum atomic E-state index is 11.1. The molecule has 0 aromatic heterocycles. The van der Waals surface area contributed by atoms with Crippen LogP contribution >= 0.6 is 0 Å². The van der Waals surface area contributed by atoms with Crippen LogP contribution in [-0.2, 0) is 0 Å². The Morgan fingerprint density at radius 1 is 0.600 bits per heavy atom. The zero-order valence-corrected chi connectivity index (χ0v) is 12.0. The average Bonchev–Trinajstić information content (AvgIpc) is 2.33. The van der Waals surface area contributed by atoms with E-state index in [-0.39, 0.29) is 11.2 Å². The minimum atomic E-state index is -0.340. The summed E-state index contributed by atoms with van der Waals surface area (Å²) in [5.74, 6) is 7.01. The van der Waals surface area contributed by atoms with Crippen molar-refractivity contribution in [1.29, 1.82) is 0 Å². The summed E-state index contributed by atoms with van der Waals surface area (Å²) < 4.78 is 0. The molecule has 11 bridgehead atoms. The van der Waals surface area contributed by atoms with Gasteiger partial charge in [-0.2, -0.15) is 0 Å². The molecule has 1 spiro atoms. The topological polar surface area (TPSA) is 40.5 Å². The Bertz CT molecular complexity index is 478. The summed E-state index contributed by atoms with van der Waals surface area (Å²) in [5, 5.41) is 22.2. The van der Waals surface area contributed by atoms with E-state index in [1.54, 1.807) is 0 Å². The van der Waals surface area contributed by atoms with Gasteiger partial charge in [0.05, 0.1) is 11.2 Å². The molecule has 108 valence electrons. The van der Waals surface area contributed by atoms with Crippen molar-refractivity contribution in [2.24, 2.45) is 52.8 Å². The molecule has 10 saturated carbocycles. The number of hydrogen-bond acceptors (Lipinski definition) is 2. The van der Waals surface area contributed by atoms with Crippen LogP contribution in [0.15, 0.2) is 0 Å². The number of hydrogen-bond donors (Lipinski definition) is 2. The minimum Gasteiger partial charge on any atom is -0.390 e. The van der Waals surface area contributed by atoms with E-state index in [2.05, 4.69) is 0 Å². The first-order valence-electron chi connectivity index (χ1n) is 8.97. The van der Waals surface area contributed by atoms with E-state index in [0.29, 0.717) is 5.41 Å². The van der Waals surface area contributed by atoms with Gasteiger partial charge in [-0.3, -0.25) is 0 Å². The highest BCUT2D eigenvalue weighted by molar-refractivity contribution is 5.31. The second-order valence-corrected chi connectivity index (χ2v) is 10.1. The fourth-order valence-electron chi connectivity index (χ4n) is 10.4. The molecule has 10 rings (SSSR count). The van der Waals surface area contributed by atoms with Crippen molar-refractivity contribution < 1.29 is 10.2 Å². The van der Waals surface area contributed by atoms with Gasteiger partial charge in [-0.25, -0.2) is 0 Å². The molecule has 0 aromatic carbocycles. The second-order valence-electron chi connectivity index (χ2n) is 10.1. The maximum Gasteiger partial charge on any atom is 0.0659 e. The zero-order valence-electron chi connectivity index (χ0n) is 12.0. The van der Waals surface area contributed by atoms with Crippen molar-refractivity contribution in [3.8, 4) is 0 Å². The first-order chi connectivity index (χ1) is 9.52. The fraction of sp³-hybridized carbons (Fsp3) is 1.00. The molecule has 10 fully saturated rings. The lowest BCUT2D eigenvalue weighted by atomic mass is 9.21. The molecule has 0 radical (unpaired) electrons. The first kappa shape index (κ1) is 10.6. The Morgan fingerprint density at radius 2 is 1.00 bits per heavy atom. The zero-order chi connectivity index (χ0) is 13.1. The van der Waals surface area contributed by atoms with Gasteiger partial charge in [-0.05, 0) is 97.7 Å². The molecule has 2 N–H and O–H groups in total. The van der Waals surface area contributed by atoms with E-state index < -0.39 is 0 Å². The predicted octanol–water partition coefficient (Wildman–Crippen LogP) is 2.19. The van der Waals surface area contributed by atoms with Crippen LogP contribution in [0.2, 0.25) is 0 Å². The standard InChI is InChI=1S/C18H24O2/c19-16-2-10-8-1-9-12-4-17(20)5-13(9)15(11(8)3-16)18(6-16,7-17)14(10)12/h8-15,19-20H,1-7H2/t8?,9?,10-,11-,12-,13+,14?,15?,16?,17?,18?/m0/s1. The van der Waals surface area contributed by atoms with Gasteiger partial charge in [0.2, 0.25) is 0 Å². The van der Waals surface area contributed by atoms with Crippen LogP contribution in [-0.4, -0.2) is 21.4 Å². The molecule has 10 aliphatic carbocycles. The van der Waals surface area contributed by atoms with E-state index in [4.69, 9.17) is 0 Å². The van der Waals surface area contributed by atoms with Crippen molar-refractivity contribution in [3.05, 3.63) is 0 Å². The number of rotatable bonds is 0. The SMILES string of the molecule is OC12C[C@@H]3C4CC5[C@@H]6CC7(O)C[C@@H]5C([C@H]4C1)C(C2)(C7)C36. The van der Waals surface area contributed by atoms with Gasteiger partial charge in [0, 0.05) is 0 Å². The summed E-state index contributed by atoms with van der Waals surface area (Å²) in [6.07, 6.45) is 8.01. The Morgan fingerprint density at radius 3 is 1.40 bits per heavy atom. The van der Waals surface area contributed by atoms with Crippen LogP contribution < -0.4 is 0 Å². The second kappa shape index (κ2) is 2.54. The van der Waals surface area contributed by atoms with Crippen molar-refractivity contribution >= 4 is 0 Å². The van der Waals surface area contributed by atoms with E-state index in [1.165, 1.54) is 6.42 Å². The lowest BCUT2D eigenvalue weighted by Gasteiger charge is -2.85. The minimum absolute atomic E-state index is 0.340. The Labute approximate surface area is 119 Å². The van der Waals surface area contributed by atoms with Gasteiger partial charge in [0.25, 0.3) is 0 Å². The van der Waals surface area contributed by atoms with Crippen LogP contribution in [0.25, 0.3) is 0 Å². The monoisotopic (exact) mass is 272 g/mol. The van der Waals surface area contributed by atoms with Crippen molar-refractivity contribution in [3.63, 3.8) is 0 Å². The third-order valence-corrected chi connectivity index (χ3v) is 9.70. The summed E-state index contributed by atoms with van der Waals surface area (Å²) in [6, 6.07) is 0. The molecule has 11 atom stereocenters. The van der Waals surface area contributed by atoms with E-state index in [0.717, 1.165) is 85.9 Å². The highest BCUT2D eigenvalue weighted by atomic mass is 16.3. The number of aliphatic hydroxyl groups is 2. The highest BCUT2D eigenvalue weighted by Gasteiger charge is 2.82. The Balaban J connectivity index is 1.55. The summed E-state index contributed by atoms with van der Waals surface area (Å²) in [6.45, 7) is 0. The average molecular weight is 272 g/mol. The Hall–Kier alpha value is -0.0800.